The summed E-state index contributed by atoms with van der Waals surface area (Å²) in [7, 11) is 1.84. The smallest absolute Gasteiger partial charge is 0.246 e. The molecular formula is C13H11ClN4O. The molecule has 0 spiro atoms. The van der Waals surface area contributed by atoms with Crippen molar-refractivity contribution in [3.05, 3.63) is 46.7 Å². The maximum absolute atomic E-state index is 11.7. The summed E-state index contributed by atoms with van der Waals surface area (Å²) in [4.78, 5) is 16.0. The van der Waals surface area contributed by atoms with Crippen LogP contribution >= 0.6 is 11.6 Å². The van der Waals surface area contributed by atoms with Crippen LogP contribution in [-0.2, 0) is 11.8 Å². The van der Waals surface area contributed by atoms with Crippen molar-refractivity contribution >= 4 is 28.9 Å². The molecule has 1 aliphatic rings. The number of rotatable bonds is 1. The Morgan fingerprint density at radius 3 is 2.95 bits per heavy atom. The number of halogens is 1. The van der Waals surface area contributed by atoms with E-state index in [1.165, 1.54) is 0 Å². The third kappa shape index (κ3) is 2.13. The highest BCUT2D eigenvalue weighted by atomic mass is 35.5. The molecule has 1 amide bonds. The Kier molecular flexibility index (Phi) is 2.83. The Labute approximate surface area is 114 Å². The van der Waals surface area contributed by atoms with Gasteiger partial charge in [-0.15, -0.1) is 0 Å². The number of fused-ring (bicyclic) bond motifs is 1. The maximum atomic E-state index is 11.7. The molecule has 0 bridgehead atoms. The van der Waals surface area contributed by atoms with Crippen LogP contribution in [0.25, 0.3) is 0 Å². The van der Waals surface area contributed by atoms with Gasteiger partial charge in [-0.25, -0.2) is 0 Å². The molecule has 5 nitrogen and oxygen atoms in total. The summed E-state index contributed by atoms with van der Waals surface area (Å²) >= 11 is 6.04. The second-order valence-corrected chi connectivity index (χ2v) is 4.68. The van der Waals surface area contributed by atoms with Gasteiger partial charge in [0, 0.05) is 23.8 Å². The minimum absolute atomic E-state index is 0.0901. The van der Waals surface area contributed by atoms with E-state index >= 15 is 0 Å². The molecule has 1 aromatic carbocycles. The number of hydrogen-bond acceptors (Lipinski definition) is 3. The molecule has 0 radical (unpaired) electrons. The minimum atomic E-state index is -0.138. The summed E-state index contributed by atoms with van der Waals surface area (Å²) < 4.78 is 1.72. The summed E-state index contributed by atoms with van der Waals surface area (Å²) in [6.45, 7) is 0.0901. The second kappa shape index (κ2) is 4.51. The Morgan fingerprint density at radius 2 is 2.21 bits per heavy atom. The van der Waals surface area contributed by atoms with Crippen LogP contribution < -0.4 is 5.32 Å². The van der Waals surface area contributed by atoms with Crippen LogP contribution in [0.2, 0.25) is 5.02 Å². The van der Waals surface area contributed by atoms with E-state index in [0.717, 1.165) is 17.0 Å². The van der Waals surface area contributed by atoms with Crippen LogP contribution in [0.5, 0.6) is 0 Å². The van der Waals surface area contributed by atoms with Crippen LogP contribution in [0.3, 0.4) is 0 Å². The van der Waals surface area contributed by atoms with Crippen LogP contribution in [-0.4, -0.2) is 27.9 Å². The number of nitrogens with one attached hydrogen (secondary N) is 1. The fraction of sp³-hybridized carbons (Fsp3) is 0.154. The molecular weight excluding hydrogens is 264 g/mol. The van der Waals surface area contributed by atoms with Gasteiger partial charge in [-0.05, 0) is 24.3 Å². The fourth-order valence-electron chi connectivity index (χ4n) is 2.07. The van der Waals surface area contributed by atoms with E-state index in [9.17, 15) is 4.79 Å². The van der Waals surface area contributed by atoms with Crippen molar-refractivity contribution in [3.63, 3.8) is 0 Å². The number of benzodiazepines with no additional fused rings is 1. The van der Waals surface area contributed by atoms with E-state index < -0.39 is 0 Å². The molecule has 2 heterocycles. The van der Waals surface area contributed by atoms with Gasteiger partial charge in [-0.1, -0.05) is 11.6 Å². The lowest BCUT2D eigenvalue weighted by atomic mass is 10.1. The van der Waals surface area contributed by atoms with Gasteiger partial charge in [0.2, 0.25) is 5.91 Å². The van der Waals surface area contributed by atoms with E-state index in [0.29, 0.717) is 10.7 Å². The Balaban J connectivity index is 2.22. The first-order valence-corrected chi connectivity index (χ1v) is 6.15. The molecule has 96 valence electrons. The van der Waals surface area contributed by atoms with Crippen molar-refractivity contribution in [1.29, 1.82) is 0 Å². The third-order valence-corrected chi connectivity index (χ3v) is 3.19. The van der Waals surface area contributed by atoms with Gasteiger partial charge in [0.1, 0.15) is 6.54 Å². The van der Waals surface area contributed by atoms with Crippen molar-refractivity contribution < 1.29 is 4.79 Å². The number of hydrogen-bond donors (Lipinski definition) is 1. The standard InChI is InChI=1S/C13H11ClN4O/c1-18-11(4-5-16-18)13-9-6-8(14)2-3-10(9)17-12(19)7-15-13/h2-6H,7H2,1H3,(H,17,19). The second-order valence-electron chi connectivity index (χ2n) is 4.24. The van der Waals surface area contributed by atoms with Gasteiger partial charge in [0.15, 0.2) is 0 Å². The molecule has 1 aromatic heterocycles. The highest BCUT2D eigenvalue weighted by Crippen LogP contribution is 2.25. The molecule has 6 heteroatoms. The molecule has 0 saturated carbocycles. The van der Waals surface area contributed by atoms with Crippen LogP contribution in [0.4, 0.5) is 5.69 Å². The number of carbonyl (C=O) groups is 1. The van der Waals surface area contributed by atoms with Crippen molar-refractivity contribution in [1.82, 2.24) is 9.78 Å². The number of aryl methyl sites for hydroxylation is 1. The molecule has 19 heavy (non-hydrogen) atoms. The number of nitrogens with zero attached hydrogens (tertiary/aromatic N) is 3. The van der Waals surface area contributed by atoms with E-state index in [2.05, 4.69) is 15.4 Å². The minimum Gasteiger partial charge on any atom is -0.324 e. The maximum Gasteiger partial charge on any atom is 0.246 e. The zero-order valence-electron chi connectivity index (χ0n) is 10.2. The first-order valence-electron chi connectivity index (χ1n) is 5.78. The van der Waals surface area contributed by atoms with E-state index in [-0.39, 0.29) is 12.5 Å². The zero-order valence-corrected chi connectivity index (χ0v) is 11.0. The predicted octanol–water partition coefficient (Wildman–Crippen LogP) is 1.86. The third-order valence-electron chi connectivity index (χ3n) is 2.96. The van der Waals surface area contributed by atoms with Crippen LogP contribution in [0, 0.1) is 0 Å². The lowest BCUT2D eigenvalue weighted by Crippen LogP contribution is -2.13. The van der Waals surface area contributed by atoms with Crippen LogP contribution in [0.15, 0.2) is 35.5 Å². The first kappa shape index (κ1) is 11.9. The van der Waals surface area contributed by atoms with Crippen LogP contribution in [0.1, 0.15) is 11.3 Å². The highest BCUT2D eigenvalue weighted by molar-refractivity contribution is 6.31. The predicted molar refractivity (Wildman–Crippen MR) is 73.8 cm³/mol. The lowest BCUT2D eigenvalue weighted by Gasteiger charge is -2.10. The summed E-state index contributed by atoms with van der Waals surface area (Å²) in [6, 6.07) is 7.19. The topological polar surface area (TPSA) is 59.3 Å². The monoisotopic (exact) mass is 274 g/mol. The molecule has 2 aromatic rings. The van der Waals surface area contributed by atoms with Gasteiger partial charge in [-0.3, -0.25) is 14.5 Å². The molecule has 0 aliphatic carbocycles. The zero-order chi connectivity index (χ0) is 13.4. The molecule has 0 saturated heterocycles. The molecule has 1 N–H and O–H groups in total. The van der Waals surface area contributed by atoms with Gasteiger partial charge in [0.05, 0.1) is 17.1 Å². The van der Waals surface area contributed by atoms with Crippen molar-refractivity contribution in [3.8, 4) is 0 Å². The number of aliphatic imine (C=N–C) groups is 1. The number of amides is 1. The van der Waals surface area contributed by atoms with Gasteiger partial charge in [-0.2, -0.15) is 5.10 Å². The Bertz CT molecular complexity index is 690. The van der Waals surface area contributed by atoms with E-state index in [1.54, 1.807) is 29.1 Å². The normalized spacial score (nSPS) is 14.4. The van der Waals surface area contributed by atoms with Gasteiger partial charge in [0.25, 0.3) is 0 Å². The summed E-state index contributed by atoms with van der Waals surface area (Å²) in [5.74, 6) is -0.138. The summed E-state index contributed by atoms with van der Waals surface area (Å²) in [6.07, 6.45) is 1.70. The quantitative estimate of drug-likeness (QED) is 0.863. The lowest BCUT2D eigenvalue weighted by molar-refractivity contribution is -0.114. The van der Waals surface area contributed by atoms with Gasteiger partial charge < -0.3 is 5.32 Å². The SMILES string of the molecule is Cn1nccc1C1=NCC(=O)Nc2ccc(Cl)cc21. The van der Waals surface area contributed by atoms with E-state index in [4.69, 9.17) is 11.6 Å². The summed E-state index contributed by atoms with van der Waals surface area (Å²) in [5, 5.41) is 7.56. The Hall–Kier alpha value is -2.14. The van der Waals surface area contributed by atoms with Crippen molar-refractivity contribution in [2.45, 2.75) is 0 Å². The number of benzene rings is 1. The number of aromatic nitrogens is 2. The fourth-order valence-corrected chi connectivity index (χ4v) is 2.24. The molecule has 0 atom stereocenters. The van der Waals surface area contributed by atoms with Crippen molar-refractivity contribution in [2.24, 2.45) is 12.0 Å². The molecule has 3 rings (SSSR count). The molecule has 0 fully saturated rings. The molecule has 1 aliphatic heterocycles. The largest absolute Gasteiger partial charge is 0.324 e. The average molecular weight is 275 g/mol. The number of carbonyl (C=O) groups excluding carboxylic acids is 1. The average Bonchev–Trinajstić information content (AvgIpc) is 2.72. The number of anilines is 1. The summed E-state index contributed by atoms with van der Waals surface area (Å²) in [5.41, 5.74) is 3.09. The molecule has 0 unspecified atom stereocenters. The van der Waals surface area contributed by atoms with Gasteiger partial charge >= 0.3 is 0 Å². The van der Waals surface area contributed by atoms with Crippen molar-refractivity contribution in [2.75, 3.05) is 11.9 Å². The Morgan fingerprint density at radius 1 is 1.37 bits per heavy atom. The van der Waals surface area contributed by atoms with E-state index in [1.807, 2.05) is 13.1 Å². The highest BCUT2D eigenvalue weighted by Gasteiger charge is 2.20. The first-order chi connectivity index (χ1) is 9.15.